The summed E-state index contributed by atoms with van der Waals surface area (Å²) in [5.74, 6) is -0.362. The molecule has 1 aromatic carbocycles. The number of para-hydroxylation sites is 1. The van der Waals surface area contributed by atoms with Crippen LogP contribution in [0.1, 0.15) is 18.9 Å². The van der Waals surface area contributed by atoms with Crippen LogP contribution in [0.15, 0.2) is 24.3 Å². The van der Waals surface area contributed by atoms with Crippen LogP contribution in [0.3, 0.4) is 0 Å². The molecule has 3 amide bonds. The van der Waals surface area contributed by atoms with Crippen LogP contribution in [0.4, 0.5) is 10.5 Å². The minimum absolute atomic E-state index is 0.362. The molecular weight excluding hydrogens is 230 g/mol. The van der Waals surface area contributed by atoms with Gasteiger partial charge in [-0.3, -0.25) is 10.1 Å². The standard InChI is InChI=1S/C13H17N3O2/c1-9(12(17)15-13(14)18)16-8-4-6-10-5-2-3-7-11(10)16/h2-3,5,7,9H,4,6,8H2,1H3,(H3,14,15,17,18)/t9-/m1/s1. The van der Waals surface area contributed by atoms with E-state index in [0.717, 1.165) is 25.1 Å². The maximum absolute atomic E-state index is 11.8. The molecule has 5 nitrogen and oxygen atoms in total. The number of imide groups is 1. The molecular formula is C13H17N3O2. The maximum atomic E-state index is 11.8. The van der Waals surface area contributed by atoms with E-state index in [0.29, 0.717) is 0 Å². The van der Waals surface area contributed by atoms with E-state index in [1.807, 2.05) is 23.1 Å². The van der Waals surface area contributed by atoms with Gasteiger partial charge in [0, 0.05) is 12.2 Å². The van der Waals surface area contributed by atoms with Gasteiger partial charge in [0.2, 0.25) is 5.91 Å². The number of primary amides is 1. The first-order valence-corrected chi connectivity index (χ1v) is 6.04. The first kappa shape index (κ1) is 12.4. The SMILES string of the molecule is C[C@H](C(=O)NC(N)=O)N1CCCc2ccccc21. The highest BCUT2D eigenvalue weighted by Crippen LogP contribution is 2.28. The third-order valence-electron chi connectivity index (χ3n) is 3.24. The van der Waals surface area contributed by atoms with Gasteiger partial charge in [-0.2, -0.15) is 0 Å². The Morgan fingerprint density at radius 1 is 1.39 bits per heavy atom. The highest BCUT2D eigenvalue weighted by Gasteiger charge is 2.26. The molecule has 0 aromatic heterocycles. The monoisotopic (exact) mass is 247 g/mol. The van der Waals surface area contributed by atoms with Crippen molar-refractivity contribution < 1.29 is 9.59 Å². The van der Waals surface area contributed by atoms with Gasteiger partial charge in [0.1, 0.15) is 6.04 Å². The third-order valence-corrected chi connectivity index (χ3v) is 3.24. The van der Waals surface area contributed by atoms with Crippen LogP contribution in [-0.2, 0) is 11.2 Å². The van der Waals surface area contributed by atoms with Crippen LogP contribution in [-0.4, -0.2) is 24.5 Å². The lowest BCUT2D eigenvalue weighted by Gasteiger charge is -2.35. The Hall–Kier alpha value is -2.04. The molecule has 1 aliphatic rings. The molecule has 0 spiro atoms. The number of aryl methyl sites for hydroxylation is 1. The number of carbonyl (C=O) groups excluding carboxylic acids is 2. The summed E-state index contributed by atoms with van der Waals surface area (Å²) < 4.78 is 0. The summed E-state index contributed by atoms with van der Waals surface area (Å²) in [6.45, 7) is 2.59. The van der Waals surface area contributed by atoms with E-state index in [1.54, 1.807) is 6.92 Å². The number of carbonyl (C=O) groups is 2. The van der Waals surface area contributed by atoms with Gasteiger partial charge in [0.05, 0.1) is 0 Å². The maximum Gasteiger partial charge on any atom is 0.318 e. The predicted molar refractivity (Wildman–Crippen MR) is 69.3 cm³/mol. The molecule has 3 N–H and O–H groups in total. The quantitative estimate of drug-likeness (QED) is 0.819. The molecule has 0 bridgehead atoms. The number of nitrogens with one attached hydrogen (secondary N) is 1. The van der Waals surface area contributed by atoms with Crippen LogP contribution in [0.25, 0.3) is 0 Å². The Kier molecular flexibility index (Phi) is 3.50. The molecule has 0 aliphatic carbocycles. The summed E-state index contributed by atoms with van der Waals surface area (Å²) in [7, 11) is 0. The molecule has 5 heteroatoms. The normalized spacial score (nSPS) is 15.7. The third kappa shape index (κ3) is 2.45. The van der Waals surface area contributed by atoms with Crippen molar-refractivity contribution in [3.8, 4) is 0 Å². The van der Waals surface area contributed by atoms with Gasteiger partial charge >= 0.3 is 6.03 Å². The summed E-state index contributed by atoms with van der Waals surface area (Å²) in [4.78, 5) is 24.5. The van der Waals surface area contributed by atoms with E-state index in [2.05, 4.69) is 11.4 Å². The predicted octanol–water partition coefficient (Wildman–Crippen LogP) is 1.02. The molecule has 0 fully saturated rings. The number of hydrogen-bond acceptors (Lipinski definition) is 3. The Balaban J connectivity index is 2.19. The van der Waals surface area contributed by atoms with Gasteiger partial charge in [0.25, 0.3) is 0 Å². The fourth-order valence-corrected chi connectivity index (χ4v) is 2.33. The first-order chi connectivity index (χ1) is 8.59. The summed E-state index contributed by atoms with van der Waals surface area (Å²) >= 11 is 0. The highest BCUT2D eigenvalue weighted by molar-refractivity contribution is 5.97. The average molecular weight is 247 g/mol. The van der Waals surface area contributed by atoms with E-state index in [4.69, 9.17) is 5.73 Å². The number of benzene rings is 1. The second-order valence-electron chi connectivity index (χ2n) is 4.46. The fourth-order valence-electron chi connectivity index (χ4n) is 2.33. The molecule has 2 rings (SSSR count). The zero-order valence-corrected chi connectivity index (χ0v) is 10.3. The van der Waals surface area contributed by atoms with Crippen molar-refractivity contribution in [1.82, 2.24) is 5.32 Å². The molecule has 1 heterocycles. The molecule has 18 heavy (non-hydrogen) atoms. The number of rotatable bonds is 2. The molecule has 1 atom stereocenters. The lowest BCUT2D eigenvalue weighted by molar-refractivity contribution is -0.120. The number of hydrogen-bond donors (Lipinski definition) is 2. The van der Waals surface area contributed by atoms with Crippen LogP contribution >= 0.6 is 0 Å². The smallest absolute Gasteiger partial charge is 0.318 e. The Morgan fingerprint density at radius 2 is 2.11 bits per heavy atom. The number of amides is 3. The van der Waals surface area contributed by atoms with E-state index in [9.17, 15) is 9.59 Å². The van der Waals surface area contributed by atoms with Crippen molar-refractivity contribution >= 4 is 17.6 Å². The molecule has 1 aliphatic heterocycles. The van der Waals surface area contributed by atoms with Crippen molar-refractivity contribution in [2.24, 2.45) is 5.73 Å². The minimum atomic E-state index is -0.808. The summed E-state index contributed by atoms with van der Waals surface area (Å²) in [6, 6.07) is 6.81. The summed E-state index contributed by atoms with van der Waals surface area (Å²) in [5.41, 5.74) is 7.27. The van der Waals surface area contributed by atoms with Gasteiger partial charge in [-0.05, 0) is 31.4 Å². The average Bonchev–Trinajstić information content (AvgIpc) is 2.36. The van der Waals surface area contributed by atoms with E-state index >= 15 is 0 Å². The highest BCUT2D eigenvalue weighted by atomic mass is 16.2. The van der Waals surface area contributed by atoms with Crippen molar-refractivity contribution in [3.63, 3.8) is 0 Å². The van der Waals surface area contributed by atoms with E-state index in [-0.39, 0.29) is 5.91 Å². The Labute approximate surface area is 106 Å². The van der Waals surface area contributed by atoms with Gasteiger partial charge in [-0.25, -0.2) is 4.79 Å². The van der Waals surface area contributed by atoms with E-state index in [1.165, 1.54) is 5.56 Å². The lowest BCUT2D eigenvalue weighted by Crippen LogP contribution is -2.50. The molecule has 0 saturated heterocycles. The fraction of sp³-hybridized carbons (Fsp3) is 0.385. The van der Waals surface area contributed by atoms with Crippen LogP contribution in [0, 0.1) is 0 Å². The number of anilines is 1. The van der Waals surface area contributed by atoms with Crippen LogP contribution in [0.5, 0.6) is 0 Å². The first-order valence-electron chi connectivity index (χ1n) is 6.04. The number of fused-ring (bicyclic) bond motifs is 1. The topological polar surface area (TPSA) is 75.4 Å². The second kappa shape index (κ2) is 5.08. The number of urea groups is 1. The molecule has 0 unspecified atom stereocenters. The zero-order valence-electron chi connectivity index (χ0n) is 10.3. The molecule has 0 saturated carbocycles. The van der Waals surface area contributed by atoms with Crippen molar-refractivity contribution in [1.29, 1.82) is 0 Å². The van der Waals surface area contributed by atoms with Gasteiger partial charge in [0.15, 0.2) is 0 Å². The van der Waals surface area contributed by atoms with E-state index < -0.39 is 12.1 Å². The Bertz CT molecular complexity index is 473. The zero-order chi connectivity index (χ0) is 13.1. The van der Waals surface area contributed by atoms with Gasteiger partial charge in [-0.15, -0.1) is 0 Å². The van der Waals surface area contributed by atoms with Crippen molar-refractivity contribution in [2.75, 3.05) is 11.4 Å². The number of nitrogens with zero attached hydrogens (tertiary/aromatic N) is 1. The second-order valence-corrected chi connectivity index (χ2v) is 4.46. The van der Waals surface area contributed by atoms with Gasteiger partial charge < -0.3 is 10.6 Å². The van der Waals surface area contributed by atoms with Crippen LogP contribution < -0.4 is 16.0 Å². The van der Waals surface area contributed by atoms with Gasteiger partial charge in [-0.1, -0.05) is 18.2 Å². The van der Waals surface area contributed by atoms with Crippen molar-refractivity contribution in [3.05, 3.63) is 29.8 Å². The molecule has 96 valence electrons. The Morgan fingerprint density at radius 3 is 2.83 bits per heavy atom. The summed E-state index contributed by atoms with van der Waals surface area (Å²) in [6.07, 6.45) is 2.03. The largest absolute Gasteiger partial charge is 0.360 e. The minimum Gasteiger partial charge on any atom is -0.360 e. The number of nitrogens with two attached hydrogens (primary N) is 1. The molecule has 1 aromatic rings. The molecule has 0 radical (unpaired) electrons. The lowest BCUT2D eigenvalue weighted by atomic mass is 10.00. The summed E-state index contributed by atoms with van der Waals surface area (Å²) in [5, 5.41) is 2.13. The van der Waals surface area contributed by atoms with Crippen LogP contribution in [0.2, 0.25) is 0 Å². The van der Waals surface area contributed by atoms with Crippen molar-refractivity contribution in [2.45, 2.75) is 25.8 Å².